The molecule has 3 heterocycles. The van der Waals surface area contributed by atoms with E-state index in [9.17, 15) is 23.1 Å². The number of hydrogen-bond acceptors (Lipinski definition) is 5. The van der Waals surface area contributed by atoms with Gasteiger partial charge in [-0.25, -0.2) is 15.0 Å². The van der Waals surface area contributed by atoms with Crippen LogP contribution in [-0.2, 0) is 11.0 Å². The normalized spacial score (nSPS) is 19.7. The zero-order valence-electron chi connectivity index (χ0n) is 13.8. The number of carbonyl (C=O) groups excluding carboxylic acids is 1. The Morgan fingerprint density at radius 3 is 2.74 bits per heavy atom. The van der Waals surface area contributed by atoms with E-state index in [1.165, 1.54) is 12.3 Å². The first-order valence-electron chi connectivity index (χ1n) is 8.18. The standard InChI is InChI=1S/C17H14F3N5O2/c18-17(19,20)16-21-2-1-11(24-16)13-5-9-7-22-14(6-12(9)23-13)25-15(27)8-3-10(26)4-8/h1-2,5-8,10,23,26H,3-4H2,(H,22,25,27)/t8-,10+. The Labute approximate surface area is 150 Å². The number of amides is 1. The number of aromatic nitrogens is 4. The number of fused-ring (bicyclic) bond motifs is 1. The number of hydrogen-bond donors (Lipinski definition) is 3. The summed E-state index contributed by atoms with van der Waals surface area (Å²) in [6.07, 6.45) is -1.65. The van der Waals surface area contributed by atoms with E-state index in [4.69, 9.17) is 0 Å². The summed E-state index contributed by atoms with van der Waals surface area (Å²) in [5, 5.41) is 12.6. The molecule has 0 atom stereocenters. The third-order valence-corrected chi connectivity index (χ3v) is 4.42. The summed E-state index contributed by atoms with van der Waals surface area (Å²) in [7, 11) is 0. The molecule has 1 amide bonds. The predicted octanol–water partition coefficient (Wildman–Crippen LogP) is 2.75. The lowest BCUT2D eigenvalue weighted by Crippen LogP contribution is -2.37. The van der Waals surface area contributed by atoms with Crippen LogP contribution in [-0.4, -0.2) is 37.1 Å². The maximum Gasteiger partial charge on any atom is 0.451 e. The SMILES string of the molecule is O=C(Nc1cc2[nH]c(-c3ccnc(C(F)(F)F)n3)cc2cn1)[C@H]1C[C@@H](O)C1. The molecule has 27 heavy (non-hydrogen) atoms. The maximum atomic E-state index is 12.8. The number of H-pyrrole nitrogens is 1. The van der Waals surface area contributed by atoms with E-state index in [0.717, 1.165) is 6.20 Å². The highest BCUT2D eigenvalue weighted by Gasteiger charge is 2.35. The van der Waals surface area contributed by atoms with Gasteiger partial charge < -0.3 is 15.4 Å². The summed E-state index contributed by atoms with van der Waals surface area (Å²) in [6.45, 7) is 0. The smallest absolute Gasteiger partial charge is 0.393 e. The molecule has 4 rings (SSSR count). The number of halogens is 3. The monoisotopic (exact) mass is 377 g/mol. The Balaban J connectivity index is 1.59. The maximum absolute atomic E-state index is 12.8. The molecule has 1 aliphatic rings. The van der Waals surface area contributed by atoms with Gasteiger partial charge >= 0.3 is 6.18 Å². The van der Waals surface area contributed by atoms with E-state index in [2.05, 4.69) is 25.3 Å². The van der Waals surface area contributed by atoms with Crippen LogP contribution in [0.4, 0.5) is 19.0 Å². The van der Waals surface area contributed by atoms with Gasteiger partial charge in [-0.1, -0.05) is 0 Å². The first-order chi connectivity index (χ1) is 12.8. The largest absolute Gasteiger partial charge is 0.451 e. The summed E-state index contributed by atoms with van der Waals surface area (Å²) in [6, 6.07) is 4.59. The van der Waals surface area contributed by atoms with Gasteiger partial charge in [0.05, 0.1) is 23.0 Å². The van der Waals surface area contributed by atoms with Crippen LogP contribution in [0.15, 0.2) is 30.6 Å². The van der Waals surface area contributed by atoms with Crippen molar-refractivity contribution >= 4 is 22.6 Å². The minimum Gasteiger partial charge on any atom is -0.393 e. The molecule has 0 aliphatic heterocycles. The molecular weight excluding hydrogens is 363 g/mol. The van der Waals surface area contributed by atoms with Crippen molar-refractivity contribution in [2.24, 2.45) is 5.92 Å². The molecule has 0 spiro atoms. The lowest BCUT2D eigenvalue weighted by atomic mass is 9.82. The van der Waals surface area contributed by atoms with Crippen LogP contribution in [0.2, 0.25) is 0 Å². The third-order valence-electron chi connectivity index (χ3n) is 4.42. The van der Waals surface area contributed by atoms with Crippen LogP contribution in [0.1, 0.15) is 18.7 Å². The van der Waals surface area contributed by atoms with Gasteiger partial charge in [0.25, 0.3) is 0 Å². The Kier molecular flexibility index (Phi) is 4.06. The Morgan fingerprint density at radius 2 is 2.04 bits per heavy atom. The minimum absolute atomic E-state index is 0.0996. The number of nitrogens with one attached hydrogen (secondary N) is 2. The van der Waals surface area contributed by atoms with Crippen LogP contribution in [0.5, 0.6) is 0 Å². The van der Waals surface area contributed by atoms with Crippen LogP contribution >= 0.6 is 0 Å². The molecule has 1 fully saturated rings. The molecule has 3 aromatic heterocycles. The van der Waals surface area contributed by atoms with Crippen molar-refractivity contribution in [1.29, 1.82) is 0 Å². The number of aliphatic hydroxyl groups excluding tert-OH is 1. The molecule has 140 valence electrons. The van der Waals surface area contributed by atoms with E-state index in [-0.39, 0.29) is 17.5 Å². The molecule has 3 aromatic rings. The number of nitrogens with zero attached hydrogens (tertiary/aromatic N) is 3. The fourth-order valence-corrected chi connectivity index (χ4v) is 2.91. The predicted molar refractivity (Wildman–Crippen MR) is 89.5 cm³/mol. The van der Waals surface area contributed by atoms with Crippen LogP contribution in [0, 0.1) is 5.92 Å². The molecule has 7 nitrogen and oxygen atoms in total. The van der Waals surface area contributed by atoms with Gasteiger partial charge in [-0.3, -0.25) is 4.79 Å². The third kappa shape index (κ3) is 3.47. The highest BCUT2D eigenvalue weighted by molar-refractivity contribution is 5.94. The lowest BCUT2D eigenvalue weighted by Gasteiger charge is -2.29. The van der Waals surface area contributed by atoms with E-state index in [1.54, 1.807) is 12.1 Å². The molecule has 0 saturated heterocycles. The molecule has 0 radical (unpaired) electrons. The number of alkyl halides is 3. The van der Waals surface area contributed by atoms with Gasteiger partial charge in [0.2, 0.25) is 11.7 Å². The van der Waals surface area contributed by atoms with E-state index in [0.29, 0.717) is 35.3 Å². The van der Waals surface area contributed by atoms with Gasteiger partial charge in [0.1, 0.15) is 5.82 Å². The molecule has 1 aliphatic carbocycles. The zero-order valence-corrected chi connectivity index (χ0v) is 13.8. The molecule has 10 heteroatoms. The van der Waals surface area contributed by atoms with Crippen molar-refractivity contribution in [3.63, 3.8) is 0 Å². The summed E-state index contributed by atoms with van der Waals surface area (Å²) in [5.41, 5.74) is 1.07. The second-order valence-corrected chi connectivity index (χ2v) is 6.41. The number of aromatic amines is 1. The number of anilines is 1. The molecule has 0 unspecified atom stereocenters. The van der Waals surface area contributed by atoms with Gasteiger partial charge in [-0.05, 0) is 25.0 Å². The Morgan fingerprint density at radius 1 is 1.26 bits per heavy atom. The Bertz CT molecular complexity index is 1010. The van der Waals surface area contributed by atoms with Gasteiger partial charge in [-0.2, -0.15) is 13.2 Å². The van der Waals surface area contributed by atoms with E-state index < -0.39 is 18.1 Å². The summed E-state index contributed by atoms with van der Waals surface area (Å²) in [4.78, 5) is 26.0. The van der Waals surface area contributed by atoms with Gasteiger partial charge in [0.15, 0.2) is 0 Å². The molecule has 0 bridgehead atoms. The van der Waals surface area contributed by atoms with Crippen molar-refractivity contribution < 1.29 is 23.1 Å². The van der Waals surface area contributed by atoms with Gasteiger partial charge in [-0.15, -0.1) is 0 Å². The highest BCUT2D eigenvalue weighted by Crippen LogP contribution is 2.30. The van der Waals surface area contributed by atoms with Crippen LogP contribution in [0.3, 0.4) is 0 Å². The number of aliphatic hydroxyl groups is 1. The molecule has 0 aromatic carbocycles. The fourth-order valence-electron chi connectivity index (χ4n) is 2.91. The Hall–Kier alpha value is -3.01. The summed E-state index contributed by atoms with van der Waals surface area (Å²) in [5.74, 6) is -1.35. The van der Waals surface area contributed by atoms with Crippen molar-refractivity contribution in [1.82, 2.24) is 19.9 Å². The molecular formula is C17H14F3N5O2. The zero-order chi connectivity index (χ0) is 19.2. The highest BCUT2D eigenvalue weighted by atomic mass is 19.4. The number of rotatable bonds is 3. The number of carbonyl (C=O) groups is 1. The van der Waals surface area contributed by atoms with Crippen molar-refractivity contribution in [3.05, 3.63) is 36.4 Å². The number of pyridine rings is 1. The second-order valence-electron chi connectivity index (χ2n) is 6.41. The van der Waals surface area contributed by atoms with E-state index >= 15 is 0 Å². The van der Waals surface area contributed by atoms with Crippen LogP contribution in [0.25, 0.3) is 22.3 Å². The average molecular weight is 377 g/mol. The molecule has 3 N–H and O–H groups in total. The fraction of sp³-hybridized carbons (Fsp3) is 0.294. The first kappa shape index (κ1) is 17.4. The van der Waals surface area contributed by atoms with Crippen molar-refractivity contribution in [2.75, 3.05) is 5.32 Å². The summed E-state index contributed by atoms with van der Waals surface area (Å²) >= 11 is 0. The molecule has 1 saturated carbocycles. The minimum atomic E-state index is -4.63. The summed E-state index contributed by atoms with van der Waals surface area (Å²) < 4.78 is 38.4. The van der Waals surface area contributed by atoms with E-state index in [1.807, 2.05) is 0 Å². The first-order valence-corrected chi connectivity index (χ1v) is 8.18. The lowest BCUT2D eigenvalue weighted by molar-refractivity contribution is -0.144. The second kappa shape index (κ2) is 6.31. The van der Waals surface area contributed by atoms with Crippen LogP contribution < -0.4 is 5.32 Å². The topological polar surface area (TPSA) is 104 Å². The average Bonchev–Trinajstić information content (AvgIpc) is 3.01. The quantitative estimate of drug-likeness (QED) is 0.651. The van der Waals surface area contributed by atoms with Crippen molar-refractivity contribution in [2.45, 2.75) is 25.1 Å². The van der Waals surface area contributed by atoms with Gasteiger partial charge in [0, 0.05) is 29.8 Å². The van der Waals surface area contributed by atoms with Crippen molar-refractivity contribution in [3.8, 4) is 11.4 Å².